The number of nitrogens with one attached hydrogen (secondary N) is 1. The summed E-state index contributed by atoms with van der Waals surface area (Å²) in [6.45, 7) is 0. The predicted octanol–water partition coefficient (Wildman–Crippen LogP) is 2.63. The van der Waals surface area contributed by atoms with E-state index < -0.39 is 11.9 Å². The highest BCUT2D eigenvalue weighted by atomic mass is 35.5. The van der Waals surface area contributed by atoms with Gasteiger partial charge in [-0.25, -0.2) is 0 Å². The highest BCUT2D eigenvalue weighted by molar-refractivity contribution is 7.18. The molecule has 6 heteroatoms. The lowest BCUT2D eigenvalue weighted by molar-refractivity contribution is -0.144. The van der Waals surface area contributed by atoms with Crippen molar-refractivity contribution in [1.29, 1.82) is 0 Å². The molecule has 0 saturated heterocycles. The van der Waals surface area contributed by atoms with Crippen LogP contribution in [0.25, 0.3) is 0 Å². The number of aliphatic carboxylic acids is 1. The zero-order valence-electron chi connectivity index (χ0n) is 10.1. The molecular formula is C13H14ClNO3S. The van der Waals surface area contributed by atoms with Crippen LogP contribution in [0.15, 0.2) is 12.1 Å². The number of hydrogen-bond donors (Lipinski definition) is 2. The van der Waals surface area contributed by atoms with Gasteiger partial charge in [0.25, 0.3) is 5.91 Å². The SMILES string of the molecule is O=C(NC1C2CCC(C2)C1C(=O)O)c1ccc(Cl)s1. The van der Waals surface area contributed by atoms with E-state index in [1.165, 1.54) is 11.3 Å². The van der Waals surface area contributed by atoms with Gasteiger partial charge in [-0.2, -0.15) is 0 Å². The first kappa shape index (κ1) is 12.9. The topological polar surface area (TPSA) is 66.4 Å². The monoisotopic (exact) mass is 299 g/mol. The number of carboxylic acid groups (broad SMARTS) is 1. The molecule has 4 atom stereocenters. The minimum Gasteiger partial charge on any atom is -0.481 e. The van der Waals surface area contributed by atoms with Crippen molar-refractivity contribution in [3.63, 3.8) is 0 Å². The van der Waals surface area contributed by atoms with Crippen LogP contribution in [0.4, 0.5) is 0 Å². The predicted molar refractivity (Wildman–Crippen MR) is 72.5 cm³/mol. The molecule has 1 amide bonds. The molecule has 0 spiro atoms. The van der Waals surface area contributed by atoms with E-state index in [2.05, 4.69) is 5.32 Å². The standard InChI is InChI=1S/C13H14ClNO3S/c14-9-4-3-8(19-9)12(16)15-11-7-2-1-6(5-7)10(11)13(17)18/h3-4,6-7,10-11H,1-2,5H2,(H,15,16)(H,17,18). The first-order valence-corrected chi connectivity index (χ1v) is 7.54. The Morgan fingerprint density at radius 3 is 2.68 bits per heavy atom. The lowest BCUT2D eigenvalue weighted by Gasteiger charge is -2.28. The fraction of sp³-hybridized carbons (Fsp3) is 0.538. The molecule has 3 rings (SSSR count). The highest BCUT2D eigenvalue weighted by Gasteiger charge is 2.51. The summed E-state index contributed by atoms with van der Waals surface area (Å²) >= 11 is 7.02. The van der Waals surface area contributed by atoms with Gasteiger partial charge in [0.05, 0.1) is 15.1 Å². The van der Waals surface area contributed by atoms with Gasteiger partial charge in [0.1, 0.15) is 0 Å². The van der Waals surface area contributed by atoms with Crippen LogP contribution in [0, 0.1) is 17.8 Å². The molecule has 2 bridgehead atoms. The molecule has 1 aromatic heterocycles. The molecule has 2 N–H and O–H groups in total. The van der Waals surface area contributed by atoms with Gasteiger partial charge in [0.15, 0.2) is 0 Å². The molecule has 4 nitrogen and oxygen atoms in total. The van der Waals surface area contributed by atoms with Crippen LogP contribution in [-0.2, 0) is 4.79 Å². The summed E-state index contributed by atoms with van der Waals surface area (Å²) in [5.74, 6) is -0.897. The molecule has 0 radical (unpaired) electrons. The van der Waals surface area contributed by atoms with E-state index in [9.17, 15) is 14.7 Å². The molecule has 1 aromatic rings. The number of fused-ring (bicyclic) bond motifs is 2. The molecule has 102 valence electrons. The molecule has 2 saturated carbocycles. The molecular weight excluding hydrogens is 286 g/mol. The van der Waals surface area contributed by atoms with E-state index in [1.54, 1.807) is 12.1 Å². The fourth-order valence-corrected chi connectivity index (χ4v) is 4.46. The zero-order chi connectivity index (χ0) is 13.6. The number of thiophene rings is 1. The summed E-state index contributed by atoms with van der Waals surface area (Å²) in [6.07, 6.45) is 2.91. The van der Waals surface area contributed by atoms with Crippen LogP contribution in [0.5, 0.6) is 0 Å². The number of carbonyl (C=O) groups is 2. The van der Waals surface area contributed by atoms with Crippen LogP contribution in [-0.4, -0.2) is 23.0 Å². The Morgan fingerprint density at radius 2 is 2.05 bits per heavy atom. The molecule has 0 aromatic carbocycles. The van der Waals surface area contributed by atoms with Crippen molar-refractivity contribution >= 4 is 34.8 Å². The van der Waals surface area contributed by atoms with Crippen molar-refractivity contribution in [2.75, 3.05) is 0 Å². The summed E-state index contributed by atoms with van der Waals surface area (Å²) in [4.78, 5) is 24.0. The van der Waals surface area contributed by atoms with Gasteiger partial charge in [-0.3, -0.25) is 9.59 Å². The average Bonchev–Trinajstić information content (AvgIpc) is 3.03. The van der Waals surface area contributed by atoms with Crippen molar-refractivity contribution in [3.8, 4) is 0 Å². The summed E-state index contributed by atoms with van der Waals surface area (Å²) in [5, 5.41) is 12.2. The van der Waals surface area contributed by atoms with Crippen molar-refractivity contribution in [2.24, 2.45) is 17.8 Å². The summed E-state index contributed by atoms with van der Waals surface area (Å²) in [7, 11) is 0. The normalized spacial score (nSPS) is 32.5. The molecule has 2 aliphatic rings. The first-order valence-electron chi connectivity index (χ1n) is 6.35. The Bertz CT molecular complexity index is 530. The van der Waals surface area contributed by atoms with Crippen LogP contribution < -0.4 is 5.32 Å². The largest absolute Gasteiger partial charge is 0.481 e. The third-order valence-electron chi connectivity index (χ3n) is 4.30. The van der Waals surface area contributed by atoms with E-state index in [0.717, 1.165) is 19.3 Å². The Hall–Kier alpha value is -1.07. The number of rotatable bonds is 3. The Kier molecular flexibility index (Phi) is 3.27. The number of carboxylic acids is 1. The maximum Gasteiger partial charge on any atom is 0.308 e. The van der Waals surface area contributed by atoms with Gasteiger partial charge in [-0.1, -0.05) is 11.6 Å². The summed E-state index contributed by atoms with van der Waals surface area (Å²) in [5.41, 5.74) is 0. The molecule has 2 aliphatic carbocycles. The second kappa shape index (κ2) is 4.80. The maximum absolute atomic E-state index is 12.1. The van der Waals surface area contributed by atoms with Gasteiger partial charge >= 0.3 is 5.97 Å². The van der Waals surface area contributed by atoms with Gasteiger partial charge in [0.2, 0.25) is 0 Å². The van der Waals surface area contributed by atoms with Crippen LogP contribution >= 0.6 is 22.9 Å². The zero-order valence-corrected chi connectivity index (χ0v) is 11.7. The number of amides is 1. The third kappa shape index (κ3) is 2.25. The lowest BCUT2D eigenvalue weighted by Crippen LogP contribution is -2.46. The fourth-order valence-electron chi connectivity index (χ4n) is 3.51. The molecule has 4 unspecified atom stereocenters. The van der Waals surface area contributed by atoms with Crippen molar-refractivity contribution in [2.45, 2.75) is 25.3 Å². The van der Waals surface area contributed by atoms with E-state index in [0.29, 0.717) is 15.1 Å². The molecule has 2 fully saturated rings. The van der Waals surface area contributed by atoms with Crippen molar-refractivity contribution < 1.29 is 14.7 Å². The average molecular weight is 300 g/mol. The number of carbonyl (C=O) groups excluding carboxylic acids is 1. The number of halogens is 1. The molecule has 1 heterocycles. The minimum absolute atomic E-state index is 0.208. The van der Waals surface area contributed by atoms with E-state index in [4.69, 9.17) is 11.6 Å². The Labute approximate surface area is 119 Å². The van der Waals surface area contributed by atoms with Crippen LogP contribution in [0.3, 0.4) is 0 Å². The second-order valence-electron chi connectivity index (χ2n) is 5.30. The van der Waals surface area contributed by atoms with Crippen molar-refractivity contribution in [1.82, 2.24) is 5.32 Å². The first-order chi connectivity index (χ1) is 9.06. The van der Waals surface area contributed by atoms with Gasteiger partial charge in [-0.15, -0.1) is 11.3 Å². The van der Waals surface area contributed by atoms with E-state index in [-0.39, 0.29) is 17.9 Å². The van der Waals surface area contributed by atoms with Gasteiger partial charge in [-0.05, 0) is 43.2 Å². The summed E-state index contributed by atoms with van der Waals surface area (Å²) in [6, 6.07) is 3.12. The quantitative estimate of drug-likeness (QED) is 0.901. The van der Waals surface area contributed by atoms with Crippen LogP contribution in [0.2, 0.25) is 4.34 Å². The summed E-state index contributed by atoms with van der Waals surface area (Å²) < 4.78 is 0.563. The van der Waals surface area contributed by atoms with E-state index in [1.807, 2.05) is 0 Å². The van der Waals surface area contributed by atoms with Crippen molar-refractivity contribution in [3.05, 3.63) is 21.3 Å². The second-order valence-corrected chi connectivity index (χ2v) is 7.02. The van der Waals surface area contributed by atoms with E-state index >= 15 is 0 Å². The van der Waals surface area contributed by atoms with Gasteiger partial charge in [0, 0.05) is 6.04 Å². The Balaban J connectivity index is 1.75. The third-order valence-corrected chi connectivity index (χ3v) is 5.53. The maximum atomic E-state index is 12.1. The Morgan fingerprint density at radius 1 is 1.32 bits per heavy atom. The molecule has 19 heavy (non-hydrogen) atoms. The smallest absolute Gasteiger partial charge is 0.308 e. The minimum atomic E-state index is -0.790. The van der Waals surface area contributed by atoms with Gasteiger partial charge < -0.3 is 10.4 Å². The number of hydrogen-bond acceptors (Lipinski definition) is 3. The molecule has 0 aliphatic heterocycles. The van der Waals surface area contributed by atoms with Crippen LogP contribution in [0.1, 0.15) is 28.9 Å². The lowest BCUT2D eigenvalue weighted by atomic mass is 9.84. The highest BCUT2D eigenvalue weighted by Crippen LogP contribution is 2.48.